The monoisotopic (exact) mass is 257 g/mol. The van der Waals surface area contributed by atoms with Crippen LogP contribution in [-0.2, 0) is 9.53 Å². The van der Waals surface area contributed by atoms with Crippen molar-refractivity contribution in [1.82, 2.24) is 4.90 Å². The summed E-state index contributed by atoms with van der Waals surface area (Å²) in [7, 11) is 0. The van der Waals surface area contributed by atoms with Crippen LogP contribution in [0.5, 0.6) is 0 Å². The molecule has 17 heavy (non-hydrogen) atoms. The molecular formula is C13H23NO2S. The molecule has 3 nitrogen and oxygen atoms in total. The van der Waals surface area contributed by atoms with E-state index in [1.54, 1.807) is 0 Å². The van der Waals surface area contributed by atoms with Crippen LogP contribution in [0.2, 0.25) is 0 Å². The summed E-state index contributed by atoms with van der Waals surface area (Å²) in [5.41, 5.74) is 0. The highest BCUT2D eigenvalue weighted by molar-refractivity contribution is 8.14. The van der Waals surface area contributed by atoms with Crippen LogP contribution in [0.3, 0.4) is 0 Å². The van der Waals surface area contributed by atoms with Crippen LogP contribution in [0.15, 0.2) is 12.7 Å². The fourth-order valence-corrected chi connectivity index (χ4v) is 2.84. The average molecular weight is 257 g/mol. The van der Waals surface area contributed by atoms with E-state index in [-0.39, 0.29) is 5.12 Å². The molecule has 98 valence electrons. The number of unbranched alkanes of at least 4 members (excludes halogenated alkanes) is 1. The van der Waals surface area contributed by atoms with Crippen LogP contribution in [0.4, 0.5) is 0 Å². The highest BCUT2D eigenvalue weighted by Crippen LogP contribution is 2.17. The van der Waals surface area contributed by atoms with E-state index < -0.39 is 0 Å². The van der Waals surface area contributed by atoms with E-state index in [0.29, 0.717) is 6.04 Å². The first-order valence-electron chi connectivity index (χ1n) is 6.39. The van der Waals surface area contributed by atoms with Gasteiger partial charge in [0.15, 0.2) is 0 Å². The number of morpholine rings is 1. The summed E-state index contributed by atoms with van der Waals surface area (Å²) >= 11 is 1.39. The lowest BCUT2D eigenvalue weighted by Gasteiger charge is -2.34. The van der Waals surface area contributed by atoms with Gasteiger partial charge in [-0.25, -0.2) is 0 Å². The summed E-state index contributed by atoms with van der Waals surface area (Å²) in [6.07, 6.45) is 5.01. The first-order chi connectivity index (χ1) is 8.27. The molecule has 1 rings (SSSR count). The molecule has 0 saturated carbocycles. The normalized spacial score (nSPS) is 18.9. The van der Waals surface area contributed by atoms with Gasteiger partial charge in [0, 0.05) is 24.9 Å². The van der Waals surface area contributed by atoms with Gasteiger partial charge in [0.1, 0.15) is 0 Å². The first kappa shape index (κ1) is 14.7. The number of ether oxygens (including phenoxy) is 1. The van der Waals surface area contributed by atoms with E-state index >= 15 is 0 Å². The highest BCUT2D eigenvalue weighted by atomic mass is 32.2. The van der Waals surface area contributed by atoms with Crippen molar-refractivity contribution in [2.24, 2.45) is 0 Å². The molecular weight excluding hydrogens is 234 g/mol. The maximum Gasteiger partial charge on any atom is 0.211 e. The zero-order valence-corrected chi connectivity index (χ0v) is 11.5. The molecule has 0 aromatic carbocycles. The third-order valence-corrected chi connectivity index (χ3v) is 4.04. The van der Waals surface area contributed by atoms with Crippen molar-refractivity contribution in [3.8, 4) is 0 Å². The van der Waals surface area contributed by atoms with Gasteiger partial charge in [0.05, 0.1) is 13.2 Å². The van der Waals surface area contributed by atoms with Gasteiger partial charge in [-0.05, 0) is 12.5 Å². The van der Waals surface area contributed by atoms with Crippen LogP contribution in [0.1, 0.15) is 26.2 Å². The van der Waals surface area contributed by atoms with Gasteiger partial charge in [-0.15, -0.1) is 0 Å². The maximum absolute atomic E-state index is 11.3. The molecule has 1 aliphatic rings. The van der Waals surface area contributed by atoms with E-state index in [0.717, 1.165) is 32.1 Å². The van der Waals surface area contributed by atoms with Gasteiger partial charge < -0.3 is 4.74 Å². The molecule has 0 N–H and O–H groups in total. The summed E-state index contributed by atoms with van der Waals surface area (Å²) in [5, 5.41) is 0.0831. The summed E-state index contributed by atoms with van der Waals surface area (Å²) in [4.78, 5) is 13.7. The Balaban J connectivity index is 2.40. The minimum Gasteiger partial charge on any atom is -0.379 e. The predicted octanol–water partition coefficient (Wildman–Crippen LogP) is 2.32. The highest BCUT2D eigenvalue weighted by Gasteiger charge is 2.21. The van der Waals surface area contributed by atoms with Crippen LogP contribution in [0, 0.1) is 0 Å². The molecule has 0 amide bonds. The third kappa shape index (κ3) is 5.70. The smallest absolute Gasteiger partial charge is 0.211 e. The SMILES string of the molecule is C=CC(=O)SCC(CCCC)N1CCOCC1. The lowest BCUT2D eigenvalue weighted by molar-refractivity contribution is -0.107. The topological polar surface area (TPSA) is 29.5 Å². The fraction of sp³-hybridized carbons (Fsp3) is 0.769. The van der Waals surface area contributed by atoms with Crippen molar-refractivity contribution in [1.29, 1.82) is 0 Å². The zero-order chi connectivity index (χ0) is 12.5. The van der Waals surface area contributed by atoms with Crippen molar-refractivity contribution in [2.45, 2.75) is 32.2 Å². The Morgan fingerprint density at radius 1 is 1.53 bits per heavy atom. The number of nitrogens with zero attached hydrogens (tertiary/aromatic N) is 1. The van der Waals surface area contributed by atoms with Crippen molar-refractivity contribution in [3.63, 3.8) is 0 Å². The van der Waals surface area contributed by atoms with Crippen molar-refractivity contribution < 1.29 is 9.53 Å². The van der Waals surface area contributed by atoms with E-state index in [1.807, 2.05) is 0 Å². The molecule has 1 aliphatic heterocycles. The summed E-state index contributed by atoms with van der Waals surface area (Å²) in [6.45, 7) is 9.35. The lowest BCUT2D eigenvalue weighted by Crippen LogP contribution is -2.44. The molecule has 0 spiro atoms. The van der Waals surface area contributed by atoms with Crippen LogP contribution >= 0.6 is 11.8 Å². The molecule has 1 fully saturated rings. The van der Waals surface area contributed by atoms with Gasteiger partial charge in [-0.1, -0.05) is 38.1 Å². The van der Waals surface area contributed by atoms with E-state index in [9.17, 15) is 4.79 Å². The number of carbonyl (C=O) groups excluding carboxylic acids is 1. The van der Waals surface area contributed by atoms with Gasteiger partial charge >= 0.3 is 0 Å². The molecule has 0 radical (unpaired) electrons. The van der Waals surface area contributed by atoms with Gasteiger partial charge in [-0.2, -0.15) is 0 Å². The maximum atomic E-state index is 11.3. The molecule has 0 aliphatic carbocycles. The first-order valence-corrected chi connectivity index (χ1v) is 7.37. The molecule has 1 unspecified atom stereocenters. The van der Waals surface area contributed by atoms with Gasteiger partial charge in [0.25, 0.3) is 0 Å². The molecule has 0 aromatic heterocycles. The molecule has 1 saturated heterocycles. The molecule has 1 heterocycles. The van der Waals surface area contributed by atoms with E-state index in [4.69, 9.17) is 4.74 Å². The minimum atomic E-state index is 0.0831. The van der Waals surface area contributed by atoms with Crippen molar-refractivity contribution in [2.75, 3.05) is 32.1 Å². The number of carbonyl (C=O) groups is 1. The summed E-state index contributed by atoms with van der Waals surface area (Å²) < 4.78 is 5.37. The Kier molecular flexibility index (Phi) is 7.56. The average Bonchev–Trinajstić information content (AvgIpc) is 2.39. The third-order valence-electron chi connectivity index (χ3n) is 3.04. The predicted molar refractivity (Wildman–Crippen MR) is 73.4 cm³/mol. The Bertz CT molecular complexity index is 240. The van der Waals surface area contributed by atoms with Crippen LogP contribution < -0.4 is 0 Å². The summed E-state index contributed by atoms with van der Waals surface area (Å²) in [6, 6.07) is 0.507. The van der Waals surface area contributed by atoms with Crippen LogP contribution in [0.25, 0.3) is 0 Å². The van der Waals surface area contributed by atoms with Crippen LogP contribution in [-0.4, -0.2) is 48.1 Å². The Morgan fingerprint density at radius 3 is 2.82 bits per heavy atom. The standard InChI is InChI=1S/C13H23NO2S/c1-3-5-6-12(11-17-13(15)4-2)14-7-9-16-10-8-14/h4,12H,2-3,5-11H2,1H3. The summed E-state index contributed by atoms with van der Waals surface area (Å²) in [5.74, 6) is 0.880. The Morgan fingerprint density at radius 2 is 2.24 bits per heavy atom. The number of thioether (sulfide) groups is 1. The molecule has 1 atom stereocenters. The molecule has 4 heteroatoms. The lowest BCUT2D eigenvalue weighted by atomic mass is 10.1. The van der Waals surface area contributed by atoms with Gasteiger partial charge in [0.2, 0.25) is 5.12 Å². The van der Waals surface area contributed by atoms with Crippen molar-refractivity contribution in [3.05, 3.63) is 12.7 Å². The second kappa shape index (κ2) is 8.72. The zero-order valence-electron chi connectivity index (χ0n) is 10.7. The quantitative estimate of drug-likeness (QED) is 0.655. The number of rotatable bonds is 7. The number of hydrogen-bond acceptors (Lipinski definition) is 4. The van der Waals surface area contributed by atoms with Gasteiger partial charge in [-0.3, -0.25) is 9.69 Å². The van der Waals surface area contributed by atoms with Crippen molar-refractivity contribution >= 4 is 16.9 Å². The fourth-order valence-electron chi connectivity index (χ4n) is 1.99. The second-order valence-corrected chi connectivity index (χ2v) is 5.30. The largest absolute Gasteiger partial charge is 0.379 e. The van der Waals surface area contributed by atoms with E-state index in [2.05, 4.69) is 18.4 Å². The minimum absolute atomic E-state index is 0.0831. The molecule has 0 aromatic rings. The number of hydrogen-bond donors (Lipinski definition) is 0. The molecule has 0 bridgehead atoms. The Labute approximate surface area is 109 Å². The Hall–Kier alpha value is -0.320. The van der Waals surface area contributed by atoms with E-state index in [1.165, 1.54) is 37.1 Å². The second-order valence-electron chi connectivity index (χ2n) is 4.28.